The zero-order valence-electron chi connectivity index (χ0n) is 15.6. The number of benzene rings is 2. The Morgan fingerprint density at radius 2 is 1.78 bits per heavy atom. The Labute approximate surface area is 158 Å². The quantitative estimate of drug-likeness (QED) is 0.865. The first-order valence-electron chi connectivity index (χ1n) is 9.12. The van der Waals surface area contributed by atoms with Crippen molar-refractivity contribution < 1.29 is 18.3 Å². The molecule has 1 N–H and O–H groups in total. The van der Waals surface area contributed by atoms with E-state index in [4.69, 9.17) is 4.74 Å². The second kappa shape index (κ2) is 8.37. The predicted molar refractivity (Wildman–Crippen MR) is 99.7 cm³/mol. The number of urea groups is 1. The number of amides is 2. The van der Waals surface area contributed by atoms with Gasteiger partial charge in [0.15, 0.2) is 0 Å². The minimum absolute atomic E-state index is 0.0758. The monoisotopic (exact) mass is 374 g/mol. The fourth-order valence-electron chi connectivity index (χ4n) is 3.19. The number of ether oxygens (including phenoxy) is 1. The van der Waals surface area contributed by atoms with Gasteiger partial charge < -0.3 is 15.0 Å². The average Bonchev–Trinajstić information content (AvgIpc) is 2.62. The number of piperidine rings is 1. The second-order valence-corrected chi connectivity index (χ2v) is 7.01. The van der Waals surface area contributed by atoms with Crippen LogP contribution in [-0.2, 0) is 6.54 Å². The zero-order valence-corrected chi connectivity index (χ0v) is 15.6. The van der Waals surface area contributed by atoms with Gasteiger partial charge in [0.1, 0.15) is 23.5 Å². The van der Waals surface area contributed by atoms with E-state index in [9.17, 15) is 13.6 Å². The van der Waals surface area contributed by atoms with Gasteiger partial charge in [-0.1, -0.05) is 12.1 Å². The second-order valence-electron chi connectivity index (χ2n) is 7.01. The number of rotatable bonds is 4. The molecule has 0 spiro atoms. The molecule has 0 saturated carbocycles. The molecule has 1 saturated heterocycles. The molecule has 3 rings (SSSR count). The van der Waals surface area contributed by atoms with E-state index < -0.39 is 11.6 Å². The summed E-state index contributed by atoms with van der Waals surface area (Å²) in [5.41, 5.74) is 2.65. The SMILES string of the molecule is Cc1ccc(C)c(OC2CCN(C(=O)NCc3cc(F)cc(F)c3)CC2)c1. The van der Waals surface area contributed by atoms with E-state index >= 15 is 0 Å². The molecule has 6 heteroatoms. The van der Waals surface area contributed by atoms with E-state index in [1.54, 1.807) is 4.90 Å². The lowest BCUT2D eigenvalue weighted by atomic mass is 10.1. The fraction of sp³-hybridized carbons (Fsp3) is 0.381. The number of hydrogen-bond donors (Lipinski definition) is 1. The number of carbonyl (C=O) groups is 1. The van der Waals surface area contributed by atoms with E-state index in [1.165, 1.54) is 12.1 Å². The molecule has 0 bridgehead atoms. The van der Waals surface area contributed by atoms with Crippen LogP contribution in [0.5, 0.6) is 5.75 Å². The highest BCUT2D eigenvalue weighted by Gasteiger charge is 2.24. The van der Waals surface area contributed by atoms with Crippen molar-refractivity contribution in [2.45, 2.75) is 39.3 Å². The van der Waals surface area contributed by atoms with Gasteiger partial charge in [-0.15, -0.1) is 0 Å². The van der Waals surface area contributed by atoms with E-state index in [0.717, 1.165) is 35.8 Å². The number of carbonyl (C=O) groups excluding carboxylic acids is 1. The van der Waals surface area contributed by atoms with Crippen LogP contribution in [0.4, 0.5) is 13.6 Å². The largest absolute Gasteiger partial charge is 0.490 e. The molecule has 1 fully saturated rings. The minimum Gasteiger partial charge on any atom is -0.490 e. The van der Waals surface area contributed by atoms with E-state index in [2.05, 4.69) is 11.4 Å². The molecule has 1 heterocycles. The maximum absolute atomic E-state index is 13.2. The molecular formula is C21H24F2N2O2. The summed E-state index contributed by atoms with van der Waals surface area (Å²) in [7, 11) is 0. The van der Waals surface area contributed by atoms with Crippen LogP contribution in [0.2, 0.25) is 0 Å². The molecule has 0 aliphatic carbocycles. The molecule has 1 aliphatic rings. The highest BCUT2D eigenvalue weighted by atomic mass is 19.1. The number of halogens is 2. The van der Waals surface area contributed by atoms with Crippen LogP contribution in [0.25, 0.3) is 0 Å². The van der Waals surface area contributed by atoms with Gasteiger partial charge >= 0.3 is 6.03 Å². The summed E-state index contributed by atoms with van der Waals surface area (Å²) in [5, 5.41) is 2.72. The summed E-state index contributed by atoms with van der Waals surface area (Å²) in [6, 6.07) is 9.15. The molecule has 4 nitrogen and oxygen atoms in total. The average molecular weight is 374 g/mol. The molecule has 2 aromatic carbocycles. The van der Waals surface area contributed by atoms with Crippen molar-refractivity contribution >= 4 is 6.03 Å². The maximum atomic E-state index is 13.2. The molecule has 1 aliphatic heterocycles. The Kier molecular flexibility index (Phi) is 5.94. The van der Waals surface area contributed by atoms with Gasteiger partial charge in [-0.3, -0.25) is 0 Å². The van der Waals surface area contributed by atoms with Crippen molar-refractivity contribution in [3.8, 4) is 5.75 Å². The first kappa shape index (κ1) is 19.1. The Bertz CT molecular complexity index is 798. The van der Waals surface area contributed by atoms with Crippen molar-refractivity contribution in [2.75, 3.05) is 13.1 Å². The van der Waals surface area contributed by atoms with Crippen molar-refractivity contribution in [2.24, 2.45) is 0 Å². The Hall–Kier alpha value is -2.63. The lowest BCUT2D eigenvalue weighted by molar-refractivity contribution is 0.110. The third kappa shape index (κ3) is 5.18. The van der Waals surface area contributed by atoms with Gasteiger partial charge in [0.05, 0.1) is 0 Å². The van der Waals surface area contributed by atoms with E-state index in [1.807, 2.05) is 26.0 Å². The van der Waals surface area contributed by atoms with Crippen molar-refractivity contribution in [3.05, 3.63) is 64.7 Å². The van der Waals surface area contributed by atoms with Gasteiger partial charge in [0, 0.05) is 38.5 Å². The van der Waals surface area contributed by atoms with Gasteiger partial charge in [0.25, 0.3) is 0 Å². The van der Waals surface area contributed by atoms with Crippen molar-refractivity contribution in [1.82, 2.24) is 10.2 Å². The highest BCUT2D eigenvalue weighted by molar-refractivity contribution is 5.74. The molecule has 0 aromatic heterocycles. The summed E-state index contributed by atoms with van der Waals surface area (Å²) >= 11 is 0. The highest BCUT2D eigenvalue weighted by Crippen LogP contribution is 2.24. The van der Waals surface area contributed by atoms with Crippen LogP contribution in [-0.4, -0.2) is 30.1 Å². The lowest BCUT2D eigenvalue weighted by Crippen LogP contribution is -2.46. The van der Waals surface area contributed by atoms with Gasteiger partial charge in [0.2, 0.25) is 0 Å². The molecule has 2 aromatic rings. The number of nitrogens with one attached hydrogen (secondary N) is 1. The van der Waals surface area contributed by atoms with Crippen LogP contribution in [0.15, 0.2) is 36.4 Å². The third-order valence-corrected chi connectivity index (χ3v) is 4.73. The summed E-state index contributed by atoms with van der Waals surface area (Å²) in [5.74, 6) is -0.404. The standard InChI is InChI=1S/C21H24F2N2O2/c1-14-3-4-15(2)20(9-14)27-19-5-7-25(8-6-19)21(26)24-13-16-10-17(22)12-18(23)11-16/h3-4,9-12,19H,5-8,13H2,1-2H3,(H,24,26). The number of likely N-dealkylation sites (tertiary alicyclic amines) is 1. The maximum Gasteiger partial charge on any atom is 0.317 e. The van der Waals surface area contributed by atoms with Gasteiger partial charge in [-0.25, -0.2) is 13.6 Å². The van der Waals surface area contributed by atoms with Crippen LogP contribution in [0, 0.1) is 25.5 Å². The summed E-state index contributed by atoms with van der Waals surface area (Å²) in [4.78, 5) is 14.0. The molecule has 0 unspecified atom stereocenters. The number of hydrogen-bond acceptors (Lipinski definition) is 2. The first-order chi connectivity index (χ1) is 12.9. The molecule has 144 valence electrons. The van der Waals surface area contributed by atoms with Crippen LogP contribution in [0.1, 0.15) is 29.5 Å². The number of aryl methyl sites for hydroxylation is 2. The minimum atomic E-state index is -0.649. The summed E-state index contributed by atoms with van der Waals surface area (Å²) in [6.45, 7) is 5.31. The topological polar surface area (TPSA) is 41.6 Å². The lowest BCUT2D eigenvalue weighted by Gasteiger charge is -2.32. The fourth-order valence-corrected chi connectivity index (χ4v) is 3.19. The van der Waals surface area contributed by atoms with E-state index in [-0.39, 0.29) is 18.7 Å². The Morgan fingerprint density at radius 1 is 1.11 bits per heavy atom. The van der Waals surface area contributed by atoms with Gasteiger partial charge in [-0.05, 0) is 48.7 Å². The van der Waals surface area contributed by atoms with Crippen LogP contribution in [0.3, 0.4) is 0 Å². The molecule has 0 radical (unpaired) electrons. The predicted octanol–water partition coefficient (Wildman–Crippen LogP) is 4.33. The van der Waals surface area contributed by atoms with Crippen LogP contribution < -0.4 is 10.1 Å². The van der Waals surface area contributed by atoms with E-state index in [0.29, 0.717) is 18.7 Å². The molecule has 27 heavy (non-hydrogen) atoms. The summed E-state index contributed by atoms with van der Waals surface area (Å²) in [6.07, 6.45) is 1.57. The van der Waals surface area contributed by atoms with Crippen molar-refractivity contribution in [1.29, 1.82) is 0 Å². The molecule has 2 amide bonds. The van der Waals surface area contributed by atoms with Crippen LogP contribution >= 0.6 is 0 Å². The van der Waals surface area contributed by atoms with Gasteiger partial charge in [-0.2, -0.15) is 0 Å². The summed E-state index contributed by atoms with van der Waals surface area (Å²) < 4.78 is 32.5. The molecule has 0 atom stereocenters. The Morgan fingerprint density at radius 3 is 2.44 bits per heavy atom. The first-order valence-corrected chi connectivity index (χ1v) is 9.12. The number of nitrogens with zero attached hydrogens (tertiary/aromatic N) is 1. The smallest absolute Gasteiger partial charge is 0.317 e. The van der Waals surface area contributed by atoms with Crippen molar-refractivity contribution in [3.63, 3.8) is 0 Å². The normalized spacial score (nSPS) is 14.9. The third-order valence-electron chi connectivity index (χ3n) is 4.73. The zero-order chi connectivity index (χ0) is 19.4. The molecular weight excluding hydrogens is 350 g/mol. The Balaban J connectivity index is 1.48.